The van der Waals surface area contributed by atoms with Crippen LogP contribution in [0, 0.1) is 6.92 Å². The smallest absolute Gasteiger partial charge is 0.255 e. The molecule has 0 atom stereocenters. The number of aromatic amines is 1. The molecule has 6 nitrogen and oxygen atoms in total. The van der Waals surface area contributed by atoms with Gasteiger partial charge in [0.2, 0.25) is 5.95 Å². The van der Waals surface area contributed by atoms with Crippen LogP contribution in [0.1, 0.15) is 36.7 Å². The molecular weight excluding hydrogens is 232 g/mol. The fraction of sp³-hybridized carbons (Fsp3) is 0.417. The summed E-state index contributed by atoms with van der Waals surface area (Å²) in [5.41, 5.74) is 1.81. The molecular formula is C12H16N4O2. The van der Waals surface area contributed by atoms with Gasteiger partial charge in [-0.1, -0.05) is 13.8 Å². The summed E-state index contributed by atoms with van der Waals surface area (Å²) in [5.74, 6) is 0.499. The number of aliphatic hydroxyl groups is 1. The Morgan fingerprint density at radius 2 is 2.22 bits per heavy atom. The van der Waals surface area contributed by atoms with Gasteiger partial charge in [0.15, 0.2) is 0 Å². The zero-order valence-electron chi connectivity index (χ0n) is 10.6. The maximum atomic E-state index is 12.0. The lowest BCUT2D eigenvalue weighted by atomic mass is 10.0. The Kier molecular flexibility index (Phi) is 3.29. The highest BCUT2D eigenvalue weighted by molar-refractivity contribution is 5.25. The number of aromatic nitrogens is 4. The Balaban J connectivity index is 2.59. The van der Waals surface area contributed by atoms with Crippen LogP contribution in [0.5, 0.6) is 0 Å². The number of rotatable bonds is 3. The number of aryl methyl sites for hydroxylation is 1. The van der Waals surface area contributed by atoms with Crippen LogP contribution >= 0.6 is 0 Å². The average Bonchev–Trinajstić information content (AvgIpc) is 2.75. The number of nitrogens with one attached hydrogen (secondary N) is 1. The molecule has 2 N–H and O–H groups in total. The van der Waals surface area contributed by atoms with Crippen LogP contribution in [0.15, 0.2) is 17.3 Å². The van der Waals surface area contributed by atoms with E-state index in [-0.39, 0.29) is 18.1 Å². The summed E-state index contributed by atoms with van der Waals surface area (Å²) in [4.78, 5) is 23.0. The Hall–Kier alpha value is -1.95. The first-order valence-corrected chi connectivity index (χ1v) is 5.77. The maximum Gasteiger partial charge on any atom is 0.255 e. The highest BCUT2D eigenvalue weighted by Gasteiger charge is 2.13. The van der Waals surface area contributed by atoms with E-state index in [1.165, 1.54) is 12.5 Å². The molecule has 0 fully saturated rings. The molecule has 0 unspecified atom stereocenters. The second-order valence-corrected chi connectivity index (χ2v) is 4.46. The summed E-state index contributed by atoms with van der Waals surface area (Å²) >= 11 is 0. The van der Waals surface area contributed by atoms with Gasteiger partial charge in [-0.15, -0.1) is 0 Å². The zero-order chi connectivity index (χ0) is 13.3. The molecule has 18 heavy (non-hydrogen) atoms. The minimum absolute atomic E-state index is 0.121. The van der Waals surface area contributed by atoms with Crippen LogP contribution < -0.4 is 5.56 Å². The summed E-state index contributed by atoms with van der Waals surface area (Å²) in [6.45, 7) is 5.56. The van der Waals surface area contributed by atoms with Crippen molar-refractivity contribution in [2.24, 2.45) is 0 Å². The third-order valence-electron chi connectivity index (χ3n) is 2.82. The molecule has 0 aromatic carbocycles. The van der Waals surface area contributed by atoms with Gasteiger partial charge in [0.1, 0.15) is 6.33 Å². The Morgan fingerprint density at radius 3 is 2.78 bits per heavy atom. The van der Waals surface area contributed by atoms with Gasteiger partial charge < -0.3 is 5.11 Å². The normalized spacial score (nSPS) is 11.2. The summed E-state index contributed by atoms with van der Waals surface area (Å²) in [6, 6.07) is 0. The SMILES string of the molecule is Cc1nc(-n2cncc2CO)[nH]c(=O)c1C(C)C. The molecule has 0 saturated carbocycles. The van der Waals surface area contributed by atoms with E-state index >= 15 is 0 Å². The monoisotopic (exact) mass is 248 g/mol. The van der Waals surface area contributed by atoms with Crippen molar-refractivity contribution in [2.75, 3.05) is 0 Å². The van der Waals surface area contributed by atoms with Gasteiger partial charge in [0.05, 0.1) is 24.2 Å². The third kappa shape index (κ3) is 2.06. The Labute approximate surface area is 104 Å². The van der Waals surface area contributed by atoms with E-state index in [4.69, 9.17) is 5.11 Å². The van der Waals surface area contributed by atoms with Crippen LogP contribution in [0.4, 0.5) is 0 Å². The van der Waals surface area contributed by atoms with Gasteiger partial charge >= 0.3 is 0 Å². The van der Waals surface area contributed by atoms with Crippen molar-refractivity contribution in [1.82, 2.24) is 19.5 Å². The molecule has 0 bridgehead atoms. The molecule has 0 radical (unpaired) electrons. The van der Waals surface area contributed by atoms with Gasteiger partial charge in [-0.3, -0.25) is 14.3 Å². The fourth-order valence-electron chi connectivity index (χ4n) is 2.00. The molecule has 0 aliphatic rings. The zero-order valence-corrected chi connectivity index (χ0v) is 10.6. The number of hydrogen-bond donors (Lipinski definition) is 2. The predicted octanol–water partition coefficient (Wildman–Crippen LogP) is 0.880. The highest BCUT2D eigenvalue weighted by Crippen LogP contribution is 2.14. The minimum Gasteiger partial charge on any atom is -0.390 e. The van der Waals surface area contributed by atoms with Crippen LogP contribution in [0.25, 0.3) is 5.95 Å². The van der Waals surface area contributed by atoms with Gasteiger partial charge in [0.25, 0.3) is 5.56 Å². The number of H-pyrrole nitrogens is 1. The first-order chi connectivity index (χ1) is 8.54. The second-order valence-electron chi connectivity index (χ2n) is 4.46. The highest BCUT2D eigenvalue weighted by atomic mass is 16.3. The average molecular weight is 248 g/mol. The van der Waals surface area contributed by atoms with Crippen molar-refractivity contribution in [3.8, 4) is 5.95 Å². The summed E-state index contributed by atoms with van der Waals surface area (Å²) in [7, 11) is 0. The van der Waals surface area contributed by atoms with E-state index in [2.05, 4.69) is 15.0 Å². The molecule has 0 spiro atoms. The predicted molar refractivity (Wildman–Crippen MR) is 66.7 cm³/mol. The van der Waals surface area contributed by atoms with Crippen LogP contribution in [0.2, 0.25) is 0 Å². The molecule has 0 amide bonds. The molecule has 2 heterocycles. The topological polar surface area (TPSA) is 83.8 Å². The second kappa shape index (κ2) is 4.73. The van der Waals surface area contributed by atoms with Crippen molar-refractivity contribution in [3.63, 3.8) is 0 Å². The Morgan fingerprint density at radius 1 is 1.50 bits per heavy atom. The minimum atomic E-state index is -0.158. The van der Waals surface area contributed by atoms with E-state index in [0.29, 0.717) is 22.9 Å². The summed E-state index contributed by atoms with van der Waals surface area (Å²) < 4.78 is 1.57. The van der Waals surface area contributed by atoms with Crippen molar-refractivity contribution in [1.29, 1.82) is 0 Å². The summed E-state index contributed by atoms with van der Waals surface area (Å²) in [6.07, 6.45) is 3.05. The van der Waals surface area contributed by atoms with Crippen LogP contribution in [-0.4, -0.2) is 24.6 Å². The lowest BCUT2D eigenvalue weighted by molar-refractivity contribution is 0.274. The van der Waals surface area contributed by atoms with Gasteiger partial charge in [-0.05, 0) is 12.8 Å². The molecule has 96 valence electrons. The van der Waals surface area contributed by atoms with Gasteiger partial charge in [-0.25, -0.2) is 9.97 Å². The largest absolute Gasteiger partial charge is 0.390 e. The van der Waals surface area contributed by atoms with Crippen molar-refractivity contribution >= 4 is 0 Å². The molecule has 2 aromatic rings. The van der Waals surface area contributed by atoms with Crippen LogP contribution in [0.3, 0.4) is 0 Å². The number of aliphatic hydroxyl groups excluding tert-OH is 1. The number of nitrogens with zero attached hydrogens (tertiary/aromatic N) is 3. The van der Waals surface area contributed by atoms with Crippen molar-refractivity contribution in [3.05, 3.63) is 39.8 Å². The molecule has 2 aromatic heterocycles. The van der Waals surface area contributed by atoms with E-state index in [9.17, 15) is 4.79 Å². The summed E-state index contributed by atoms with van der Waals surface area (Å²) in [5, 5.41) is 9.17. The van der Waals surface area contributed by atoms with E-state index in [1.807, 2.05) is 20.8 Å². The lowest BCUT2D eigenvalue weighted by Crippen LogP contribution is -2.21. The first-order valence-electron chi connectivity index (χ1n) is 5.77. The van der Waals surface area contributed by atoms with Crippen molar-refractivity contribution < 1.29 is 5.11 Å². The number of hydrogen-bond acceptors (Lipinski definition) is 4. The van der Waals surface area contributed by atoms with Crippen molar-refractivity contribution in [2.45, 2.75) is 33.3 Å². The van der Waals surface area contributed by atoms with Gasteiger partial charge in [0, 0.05) is 5.56 Å². The third-order valence-corrected chi connectivity index (χ3v) is 2.82. The molecule has 0 aliphatic carbocycles. The lowest BCUT2D eigenvalue weighted by Gasteiger charge is -2.11. The Bertz CT molecular complexity index is 613. The molecule has 0 aliphatic heterocycles. The molecule has 6 heteroatoms. The quantitative estimate of drug-likeness (QED) is 0.844. The number of imidazole rings is 1. The fourth-order valence-corrected chi connectivity index (χ4v) is 2.00. The molecule has 2 rings (SSSR count). The molecule has 0 saturated heterocycles. The first kappa shape index (κ1) is 12.5. The standard InChI is InChI=1S/C12H16N4O2/c1-7(2)10-8(3)14-12(15-11(10)18)16-6-13-4-9(16)5-17/h4,6-7,17H,5H2,1-3H3,(H,14,15,18). The maximum absolute atomic E-state index is 12.0. The van der Waals surface area contributed by atoms with E-state index < -0.39 is 0 Å². The van der Waals surface area contributed by atoms with E-state index in [0.717, 1.165) is 0 Å². The van der Waals surface area contributed by atoms with E-state index in [1.54, 1.807) is 4.57 Å². The van der Waals surface area contributed by atoms with Gasteiger partial charge in [-0.2, -0.15) is 0 Å². The van der Waals surface area contributed by atoms with Crippen LogP contribution in [-0.2, 0) is 6.61 Å².